The van der Waals surface area contributed by atoms with E-state index in [0.717, 1.165) is 53.6 Å². The number of hydrogen-bond donors (Lipinski definition) is 2. The Morgan fingerprint density at radius 3 is 2.71 bits per heavy atom. The molecule has 2 aliphatic heterocycles. The Kier molecular flexibility index (Phi) is 4.79. The van der Waals surface area contributed by atoms with Crippen LogP contribution in [0.2, 0.25) is 0 Å². The second-order valence-corrected chi connectivity index (χ2v) is 9.16. The van der Waals surface area contributed by atoms with Gasteiger partial charge in [-0.05, 0) is 66.1 Å². The highest BCUT2D eigenvalue weighted by Gasteiger charge is 2.50. The summed E-state index contributed by atoms with van der Waals surface area (Å²) in [6.07, 6.45) is 3.31. The van der Waals surface area contributed by atoms with E-state index in [4.69, 9.17) is 0 Å². The van der Waals surface area contributed by atoms with Crippen molar-refractivity contribution in [2.75, 3.05) is 13.6 Å². The minimum absolute atomic E-state index is 0.0340. The van der Waals surface area contributed by atoms with E-state index in [1.807, 2.05) is 43.4 Å². The van der Waals surface area contributed by atoms with Gasteiger partial charge in [-0.3, -0.25) is 9.59 Å². The zero-order valence-electron chi connectivity index (χ0n) is 17.6. The Hall–Kier alpha value is -3.17. The van der Waals surface area contributed by atoms with Gasteiger partial charge in [0, 0.05) is 25.6 Å². The standard InChI is InChI=1S/C25H26N4O2/c1-29-15-20-11-19(6-7-22(20)23(29)30)18-4-2-16(3-5-18)10-21(13-26)28-24(31)25-9-8-17(12-25)14-27-25/h2-7,11,17,21,27H,8-10,12,14-15H2,1H3,(H,28,31)/t17-,21+,25+/m1/s1. The van der Waals surface area contributed by atoms with Crippen LogP contribution in [-0.4, -0.2) is 41.9 Å². The van der Waals surface area contributed by atoms with Gasteiger partial charge < -0.3 is 15.5 Å². The number of hydrogen-bond acceptors (Lipinski definition) is 4. The molecule has 1 aliphatic carbocycles. The Morgan fingerprint density at radius 1 is 1.29 bits per heavy atom. The van der Waals surface area contributed by atoms with Crippen LogP contribution in [0.25, 0.3) is 11.1 Å². The molecule has 0 unspecified atom stereocenters. The van der Waals surface area contributed by atoms with E-state index >= 15 is 0 Å². The lowest BCUT2D eigenvalue weighted by atomic mass is 9.96. The normalized spacial score (nSPS) is 24.7. The summed E-state index contributed by atoms with van der Waals surface area (Å²) >= 11 is 0. The molecule has 6 nitrogen and oxygen atoms in total. The van der Waals surface area contributed by atoms with Crippen LogP contribution in [0.15, 0.2) is 42.5 Å². The van der Waals surface area contributed by atoms with Crippen LogP contribution in [0, 0.1) is 17.2 Å². The Balaban J connectivity index is 1.26. The van der Waals surface area contributed by atoms with E-state index in [1.54, 1.807) is 4.90 Å². The molecular formula is C25H26N4O2. The van der Waals surface area contributed by atoms with Crippen LogP contribution in [-0.2, 0) is 17.8 Å². The summed E-state index contributed by atoms with van der Waals surface area (Å²) in [6, 6.07) is 15.7. The largest absolute Gasteiger partial charge is 0.338 e. The number of piperidine rings is 1. The second kappa shape index (κ2) is 7.51. The van der Waals surface area contributed by atoms with Crippen LogP contribution < -0.4 is 10.6 Å². The zero-order valence-corrected chi connectivity index (χ0v) is 17.6. The molecule has 158 valence electrons. The summed E-state index contributed by atoms with van der Waals surface area (Å²) in [5.41, 5.74) is 4.51. The molecule has 2 aromatic carbocycles. The van der Waals surface area contributed by atoms with Crippen molar-refractivity contribution in [3.63, 3.8) is 0 Å². The van der Waals surface area contributed by atoms with Crippen molar-refractivity contribution in [2.24, 2.45) is 5.92 Å². The van der Waals surface area contributed by atoms with Crippen LogP contribution >= 0.6 is 0 Å². The summed E-state index contributed by atoms with van der Waals surface area (Å²) in [5.74, 6) is 0.631. The first kappa shape index (κ1) is 19.8. The molecule has 2 heterocycles. The van der Waals surface area contributed by atoms with Crippen molar-refractivity contribution in [3.8, 4) is 17.2 Å². The number of carbonyl (C=O) groups excluding carboxylic acids is 2. The summed E-state index contributed by atoms with van der Waals surface area (Å²) < 4.78 is 0. The number of amides is 2. The highest BCUT2D eigenvalue weighted by molar-refractivity contribution is 5.98. The fraction of sp³-hybridized carbons (Fsp3) is 0.400. The van der Waals surface area contributed by atoms with Crippen molar-refractivity contribution >= 4 is 11.8 Å². The maximum Gasteiger partial charge on any atom is 0.254 e. The maximum atomic E-state index is 12.8. The molecular weight excluding hydrogens is 388 g/mol. The van der Waals surface area contributed by atoms with Gasteiger partial charge in [0.05, 0.1) is 11.6 Å². The third-order valence-corrected chi connectivity index (χ3v) is 7.06. The average Bonchev–Trinajstić information content (AvgIpc) is 3.48. The first-order chi connectivity index (χ1) is 15.0. The number of rotatable bonds is 5. The van der Waals surface area contributed by atoms with Gasteiger partial charge in [-0.1, -0.05) is 30.3 Å². The second-order valence-electron chi connectivity index (χ2n) is 9.16. The number of nitriles is 1. The summed E-state index contributed by atoms with van der Waals surface area (Å²) in [4.78, 5) is 26.6. The fourth-order valence-corrected chi connectivity index (χ4v) is 5.25. The SMILES string of the molecule is CN1Cc2cc(-c3ccc(C[C@@H](C#N)NC(=O)[C@@]45CC[C@@H](CN4)C5)cc3)ccc2C1=O. The lowest BCUT2D eigenvalue weighted by Gasteiger charge is -2.27. The molecule has 0 spiro atoms. The molecule has 2 aromatic rings. The van der Waals surface area contributed by atoms with Gasteiger partial charge in [-0.2, -0.15) is 5.26 Å². The third kappa shape index (κ3) is 3.49. The van der Waals surface area contributed by atoms with Crippen molar-refractivity contribution in [3.05, 3.63) is 59.2 Å². The molecule has 2 fully saturated rings. The molecule has 2 N–H and O–H groups in total. The quantitative estimate of drug-likeness (QED) is 0.788. The molecule has 0 aromatic heterocycles. The molecule has 2 amide bonds. The summed E-state index contributed by atoms with van der Waals surface area (Å²) in [6.45, 7) is 1.54. The predicted octanol–water partition coefficient (Wildman–Crippen LogP) is 2.63. The van der Waals surface area contributed by atoms with Gasteiger partial charge in [0.2, 0.25) is 5.91 Å². The van der Waals surface area contributed by atoms with Crippen molar-refractivity contribution in [1.82, 2.24) is 15.5 Å². The number of nitrogens with one attached hydrogen (secondary N) is 2. The van der Waals surface area contributed by atoms with Crippen LogP contribution in [0.5, 0.6) is 0 Å². The Morgan fingerprint density at radius 2 is 2.06 bits per heavy atom. The fourth-order valence-electron chi connectivity index (χ4n) is 5.25. The third-order valence-electron chi connectivity index (χ3n) is 7.06. The molecule has 0 radical (unpaired) electrons. The highest BCUT2D eigenvalue weighted by atomic mass is 16.2. The van der Waals surface area contributed by atoms with Crippen molar-refractivity contribution in [1.29, 1.82) is 5.26 Å². The smallest absolute Gasteiger partial charge is 0.254 e. The van der Waals surface area contributed by atoms with Crippen molar-refractivity contribution < 1.29 is 9.59 Å². The number of fused-ring (bicyclic) bond motifs is 3. The van der Waals surface area contributed by atoms with Crippen LogP contribution in [0.1, 0.15) is 40.7 Å². The van der Waals surface area contributed by atoms with E-state index in [0.29, 0.717) is 18.9 Å². The maximum absolute atomic E-state index is 12.8. The predicted molar refractivity (Wildman–Crippen MR) is 117 cm³/mol. The molecule has 6 heteroatoms. The van der Waals surface area contributed by atoms with E-state index in [9.17, 15) is 14.9 Å². The van der Waals surface area contributed by atoms with E-state index in [-0.39, 0.29) is 11.8 Å². The van der Waals surface area contributed by atoms with Gasteiger partial charge >= 0.3 is 0 Å². The zero-order chi connectivity index (χ0) is 21.6. The summed E-state index contributed by atoms with van der Waals surface area (Å²) in [5, 5.41) is 15.9. The number of carbonyl (C=O) groups is 2. The van der Waals surface area contributed by atoms with Crippen molar-refractivity contribution in [2.45, 2.75) is 43.8 Å². The average molecular weight is 415 g/mol. The number of nitrogens with zero attached hydrogens (tertiary/aromatic N) is 2. The molecule has 3 atom stereocenters. The van der Waals surface area contributed by atoms with Crippen LogP contribution in [0.4, 0.5) is 0 Å². The van der Waals surface area contributed by atoms with Crippen LogP contribution in [0.3, 0.4) is 0 Å². The minimum atomic E-state index is -0.546. The van der Waals surface area contributed by atoms with E-state index in [2.05, 4.69) is 22.8 Å². The molecule has 1 saturated heterocycles. The number of benzene rings is 2. The van der Waals surface area contributed by atoms with Gasteiger partial charge in [0.25, 0.3) is 5.91 Å². The molecule has 5 rings (SSSR count). The topological polar surface area (TPSA) is 85.2 Å². The lowest BCUT2D eigenvalue weighted by molar-refractivity contribution is -0.127. The van der Waals surface area contributed by atoms with Gasteiger partial charge in [0.1, 0.15) is 6.04 Å². The first-order valence-electron chi connectivity index (χ1n) is 10.9. The molecule has 2 bridgehead atoms. The summed E-state index contributed by atoms with van der Waals surface area (Å²) in [7, 11) is 1.81. The van der Waals surface area contributed by atoms with E-state index < -0.39 is 11.6 Å². The minimum Gasteiger partial charge on any atom is -0.338 e. The van der Waals surface area contributed by atoms with Gasteiger partial charge in [-0.25, -0.2) is 0 Å². The van der Waals surface area contributed by atoms with E-state index in [1.165, 1.54) is 0 Å². The molecule has 31 heavy (non-hydrogen) atoms. The molecule has 1 saturated carbocycles. The molecule has 3 aliphatic rings. The van der Waals surface area contributed by atoms with Gasteiger partial charge in [0.15, 0.2) is 0 Å². The Bertz CT molecular complexity index is 1080. The highest BCUT2D eigenvalue weighted by Crippen LogP contribution is 2.40. The Labute approximate surface area is 182 Å². The first-order valence-corrected chi connectivity index (χ1v) is 10.9. The van der Waals surface area contributed by atoms with Gasteiger partial charge in [-0.15, -0.1) is 0 Å². The lowest BCUT2D eigenvalue weighted by Crippen LogP contribution is -2.55. The monoisotopic (exact) mass is 414 g/mol.